The molecule has 1 fully saturated rings. The maximum Gasteiger partial charge on any atom is 0.326 e. The number of aliphatic imine (C=N–C) groups is 1. The van der Waals surface area contributed by atoms with Crippen LogP contribution in [0.4, 0.5) is 11.4 Å². The van der Waals surface area contributed by atoms with Gasteiger partial charge in [-0.25, -0.2) is 13.2 Å². The number of amides is 1. The molecule has 38 heavy (non-hydrogen) atoms. The van der Waals surface area contributed by atoms with Crippen LogP contribution in [0.15, 0.2) is 45.6 Å². The van der Waals surface area contributed by atoms with Gasteiger partial charge in [-0.3, -0.25) is 19.3 Å². The number of rotatable bonds is 13. The van der Waals surface area contributed by atoms with Gasteiger partial charge in [-0.05, 0) is 56.3 Å². The predicted molar refractivity (Wildman–Crippen MR) is 145 cm³/mol. The summed E-state index contributed by atoms with van der Waals surface area (Å²) in [6, 6.07) is 6.73. The molecule has 208 valence electrons. The molecule has 0 saturated carbocycles. The van der Waals surface area contributed by atoms with Crippen molar-refractivity contribution in [1.82, 2.24) is 10.8 Å². The highest BCUT2D eigenvalue weighted by molar-refractivity contribution is 7.92. The van der Waals surface area contributed by atoms with Gasteiger partial charge in [-0.2, -0.15) is 5.48 Å². The molecule has 15 heteroatoms. The van der Waals surface area contributed by atoms with Gasteiger partial charge in [0.25, 0.3) is 15.9 Å². The fourth-order valence-corrected chi connectivity index (χ4v) is 5.84. The van der Waals surface area contributed by atoms with E-state index in [9.17, 15) is 23.1 Å². The fraction of sp³-hybridized carbons (Fsp3) is 0.435. The van der Waals surface area contributed by atoms with Gasteiger partial charge in [0.05, 0.1) is 16.7 Å². The summed E-state index contributed by atoms with van der Waals surface area (Å²) in [5.74, 6) is -1.85. The molecule has 3 rings (SSSR count). The van der Waals surface area contributed by atoms with Crippen molar-refractivity contribution in [3.05, 3.63) is 40.6 Å². The van der Waals surface area contributed by atoms with Crippen molar-refractivity contribution in [2.75, 3.05) is 23.1 Å². The summed E-state index contributed by atoms with van der Waals surface area (Å²) in [5, 5.41) is 16.7. The number of hydroxylamine groups is 1. The molecule has 1 aromatic carbocycles. The molecule has 1 aliphatic heterocycles. The van der Waals surface area contributed by atoms with Gasteiger partial charge >= 0.3 is 5.97 Å². The van der Waals surface area contributed by atoms with Crippen molar-refractivity contribution >= 4 is 50.6 Å². The summed E-state index contributed by atoms with van der Waals surface area (Å²) < 4.78 is 28.7. The van der Waals surface area contributed by atoms with E-state index >= 15 is 0 Å². The first-order chi connectivity index (χ1) is 18.0. The minimum atomic E-state index is -4.05. The first-order valence-corrected chi connectivity index (χ1v) is 14.3. The first kappa shape index (κ1) is 29.2. The highest BCUT2D eigenvalue weighted by atomic mass is 32.2. The van der Waals surface area contributed by atoms with E-state index in [1.165, 1.54) is 18.2 Å². The minimum absolute atomic E-state index is 0.00472. The molecule has 1 aromatic heterocycles. The van der Waals surface area contributed by atoms with Crippen molar-refractivity contribution in [3.8, 4) is 0 Å². The molecule has 1 amide bonds. The third-order valence-electron chi connectivity index (χ3n) is 6.04. The second kappa shape index (κ2) is 12.9. The summed E-state index contributed by atoms with van der Waals surface area (Å²) in [6.45, 7) is 4.77. The third-order valence-corrected chi connectivity index (χ3v) is 8.31. The van der Waals surface area contributed by atoms with E-state index in [-0.39, 0.29) is 52.4 Å². The number of benzene rings is 1. The Balaban J connectivity index is 1.66. The number of guanidine groups is 1. The molecule has 4 atom stereocenters. The topological polar surface area (TPSA) is 210 Å². The molecule has 9 N–H and O–H groups in total. The number of hydrogen-bond acceptors (Lipinski definition) is 9. The van der Waals surface area contributed by atoms with Gasteiger partial charge in [-0.1, -0.05) is 6.07 Å². The molecule has 0 radical (unpaired) electrons. The first-order valence-electron chi connectivity index (χ1n) is 11.9. The normalized spacial score (nSPS) is 19.9. The smallest absolute Gasteiger partial charge is 0.326 e. The number of carboxylic acids is 1. The summed E-state index contributed by atoms with van der Waals surface area (Å²) in [4.78, 5) is 33.7. The Morgan fingerprint density at radius 1 is 1.26 bits per heavy atom. The molecule has 3 unspecified atom stereocenters. The number of anilines is 2. The van der Waals surface area contributed by atoms with Crippen molar-refractivity contribution < 1.29 is 28.0 Å². The number of carbonyl (C=O) groups excluding carboxylic acids is 1. The number of carbonyl (C=O) groups is 2. The highest BCUT2D eigenvalue weighted by Crippen LogP contribution is 2.27. The number of nitrogens with one attached hydrogen (secondary N) is 4. The molecule has 13 nitrogen and oxygen atoms in total. The lowest BCUT2D eigenvalue weighted by Crippen LogP contribution is -2.40. The van der Waals surface area contributed by atoms with E-state index in [2.05, 4.69) is 25.8 Å². The standard InChI is InChI=1S/C23H33N7O6S2/c1-13-17(14(2)36-29-13)12-27-15-5-3-6-16(11-15)38(34,35)30-18-8-10-37-20(18)21(31)28-19(22(32)33)7-4-9-26-23(24)25/h3,5-6,8,10-11,13-14,17,19,27,29-30H,4,7,9,12H2,1-2H3,(H,28,31)(H,32,33)(H4,24,25,26)/t13?,14?,17?,19-/m0/s1. The molecule has 2 aromatic rings. The maximum atomic E-state index is 13.1. The second-order valence-corrected chi connectivity index (χ2v) is 11.5. The SMILES string of the molecule is CC1NOC(C)C1CNc1cccc(S(=O)(=O)Nc2ccsc2C(=O)N[C@@H](CCCN=C(N)N)C(=O)O)c1. The Bertz CT molecular complexity index is 1250. The quantitative estimate of drug-likeness (QED) is 0.104. The monoisotopic (exact) mass is 567 g/mol. The van der Waals surface area contributed by atoms with Crippen molar-refractivity contribution in [3.63, 3.8) is 0 Å². The Labute approximate surface area is 225 Å². The Hall–Kier alpha value is -3.40. The van der Waals surface area contributed by atoms with Crippen LogP contribution in [0.25, 0.3) is 0 Å². The van der Waals surface area contributed by atoms with Crippen molar-refractivity contribution in [2.45, 2.75) is 49.8 Å². The van der Waals surface area contributed by atoms with Gasteiger partial charge in [0, 0.05) is 30.7 Å². The van der Waals surface area contributed by atoms with E-state index in [1.807, 2.05) is 13.8 Å². The number of nitrogens with two attached hydrogens (primary N) is 2. The second-order valence-electron chi connectivity index (χ2n) is 8.88. The largest absolute Gasteiger partial charge is 0.480 e. The lowest BCUT2D eigenvalue weighted by atomic mass is 9.97. The lowest BCUT2D eigenvalue weighted by molar-refractivity contribution is -0.139. The molecular weight excluding hydrogens is 534 g/mol. The Kier molecular flexibility index (Phi) is 9.90. The van der Waals surface area contributed by atoms with E-state index in [0.29, 0.717) is 18.7 Å². The van der Waals surface area contributed by atoms with Crippen LogP contribution in [0.3, 0.4) is 0 Å². The van der Waals surface area contributed by atoms with Gasteiger partial charge in [0.2, 0.25) is 0 Å². The van der Waals surface area contributed by atoms with Crippen LogP contribution in [-0.2, 0) is 19.7 Å². The van der Waals surface area contributed by atoms with Crippen LogP contribution >= 0.6 is 11.3 Å². The fourth-order valence-electron chi connectivity index (χ4n) is 3.90. The number of carboxylic acid groups (broad SMARTS) is 1. The number of thiophene rings is 1. The van der Waals surface area contributed by atoms with E-state index in [4.69, 9.17) is 16.3 Å². The number of sulfonamides is 1. The van der Waals surface area contributed by atoms with Crippen LogP contribution < -0.4 is 32.3 Å². The Morgan fingerprint density at radius 2 is 2.03 bits per heavy atom. The zero-order chi connectivity index (χ0) is 27.9. The Morgan fingerprint density at radius 3 is 2.68 bits per heavy atom. The number of aliphatic carboxylic acids is 1. The van der Waals surface area contributed by atoms with Crippen LogP contribution in [-0.4, -0.2) is 62.6 Å². The molecule has 0 spiro atoms. The van der Waals surface area contributed by atoms with Gasteiger partial charge in [0.15, 0.2) is 5.96 Å². The molecule has 2 heterocycles. The molecule has 0 bridgehead atoms. The van der Waals surface area contributed by atoms with Crippen LogP contribution in [0, 0.1) is 5.92 Å². The summed E-state index contributed by atoms with van der Waals surface area (Å²) in [7, 11) is -4.05. The van der Waals surface area contributed by atoms with E-state index < -0.39 is 27.9 Å². The highest BCUT2D eigenvalue weighted by Gasteiger charge is 2.31. The molecular formula is C23H33N7O6S2. The number of nitrogens with zero attached hydrogens (tertiary/aromatic N) is 1. The summed E-state index contributed by atoms with van der Waals surface area (Å²) in [5.41, 5.74) is 14.1. The summed E-state index contributed by atoms with van der Waals surface area (Å²) >= 11 is 0.988. The van der Waals surface area contributed by atoms with Crippen LogP contribution in [0.1, 0.15) is 36.4 Å². The molecule has 1 saturated heterocycles. The zero-order valence-corrected chi connectivity index (χ0v) is 22.6. The van der Waals surface area contributed by atoms with Crippen LogP contribution in [0.2, 0.25) is 0 Å². The molecule has 0 aliphatic carbocycles. The molecule has 1 aliphatic rings. The summed E-state index contributed by atoms with van der Waals surface area (Å²) in [6.07, 6.45) is 0.421. The van der Waals surface area contributed by atoms with Gasteiger partial charge < -0.3 is 27.2 Å². The predicted octanol–water partition coefficient (Wildman–Crippen LogP) is 1.13. The van der Waals surface area contributed by atoms with Crippen LogP contribution in [0.5, 0.6) is 0 Å². The number of hydrogen-bond donors (Lipinski definition) is 7. The third kappa shape index (κ3) is 7.80. The van der Waals surface area contributed by atoms with Crippen molar-refractivity contribution in [1.29, 1.82) is 0 Å². The average molecular weight is 568 g/mol. The van der Waals surface area contributed by atoms with Gasteiger partial charge in [0.1, 0.15) is 10.9 Å². The van der Waals surface area contributed by atoms with E-state index in [1.54, 1.807) is 17.5 Å². The lowest BCUT2D eigenvalue weighted by Gasteiger charge is -2.18. The maximum absolute atomic E-state index is 13.1. The zero-order valence-electron chi connectivity index (χ0n) is 21.0. The van der Waals surface area contributed by atoms with Crippen molar-refractivity contribution in [2.24, 2.45) is 22.4 Å². The minimum Gasteiger partial charge on any atom is -0.480 e. The average Bonchev–Trinajstić information content (AvgIpc) is 3.44. The van der Waals surface area contributed by atoms with Gasteiger partial charge in [-0.15, -0.1) is 11.3 Å². The van der Waals surface area contributed by atoms with E-state index in [0.717, 1.165) is 11.3 Å².